The predicted octanol–water partition coefficient (Wildman–Crippen LogP) is -0.231. The molecule has 0 rings (SSSR count). The Morgan fingerprint density at radius 3 is 1.50 bits per heavy atom. The minimum atomic E-state index is -1.97. The Morgan fingerprint density at radius 1 is 1.40 bits per heavy atom. The second kappa shape index (κ2) is 6.00. The van der Waals surface area contributed by atoms with E-state index in [9.17, 15) is 0 Å². The van der Waals surface area contributed by atoms with E-state index in [-0.39, 0.29) is 6.41 Å². The van der Waals surface area contributed by atoms with Crippen LogP contribution in [0.3, 0.4) is 0 Å². The number of rotatable bonds is 0. The lowest BCUT2D eigenvalue weighted by Crippen LogP contribution is -2.23. The largest absolute Gasteiger partial charge is 0.372 e. The highest BCUT2D eigenvalue weighted by Gasteiger charge is 2.28. The van der Waals surface area contributed by atoms with Crippen molar-refractivity contribution in [1.29, 1.82) is 0 Å². The third-order valence-electron chi connectivity index (χ3n) is 0.293. The van der Waals surface area contributed by atoms with Gasteiger partial charge in [0.2, 0.25) is 10.2 Å². The fraction of sp³-hybridized carbons (Fsp3) is 0.667. The molecule has 0 radical (unpaired) electrons. The maximum Gasteiger partial charge on any atom is 0.240 e. The van der Waals surface area contributed by atoms with Gasteiger partial charge in [-0.15, -0.1) is 0 Å². The number of aliphatic hydroxyl groups excluding tert-OH is 1. The Balaban J connectivity index is 0. The molecule has 1 amide bonds. The van der Waals surface area contributed by atoms with Gasteiger partial charge in [0, 0.05) is 0 Å². The zero-order valence-electron chi connectivity index (χ0n) is 4.67. The Kier molecular flexibility index (Phi) is 7.74. The summed E-state index contributed by atoms with van der Waals surface area (Å²) >= 11 is 14.7. The maximum atomic E-state index is 8.58. The summed E-state index contributed by atoms with van der Waals surface area (Å²) < 4.78 is -1.97. The molecule has 4 N–H and O–H groups in total. The zero-order chi connectivity index (χ0) is 8.78. The van der Waals surface area contributed by atoms with E-state index in [1.807, 2.05) is 0 Å². The number of nitrogens with two attached hydrogens (primary N) is 1. The average Bonchev–Trinajstić information content (AvgIpc) is 1.64. The third-order valence-corrected chi connectivity index (χ3v) is 0.878. The van der Waals surface area contributed by atoms with E-state index in [0.29, 0.717) is 0 Å². The number of hydrogen-bond donors (Lipinski definition) is 3. The lowest BCUT2D eigenvalue weighted by molar-refractivity contribution is -0.106. The van der Waals surface area contributed by atoms with Crippen molar-refractivity contribution in [2.45, 2.75) is 10.1 Å². The van der Waals surface area contributed by atoms with Crippen LogP contribution in [0.2, 0.25) is 0 Å². The van der Waals surface area contributed by atoms with Gasteiger partial charge in [0.15, 0.2) is 6.29 Å². The van der Waals surface area contributed by atoms with Crippen molar-refractivity contribution in [3.63, 3.8) is 0 Å². The quantitative estimate of drug-likeness (QED) is 0.293. The van der Waals surface area contributed by atoms with Gasteiger partial charge in [0.1, 0.15) is 0 Å². The highest BCUT2D eigenvalue weighted by atomic mass is 35.6. The molecule has 4 nitrogen and oxygen atoms in total. The molecule has 62 valence electrons. The Labute approximate surface area is 72.5 Å². The van der Waals surface area contributed by atoms with Crippen molar-refractivity contribution in [3.8, 4) is 0 Å². The molecule has 0 spiro atoms. The number of alkyl halides is 3. The van der Waals surface area contributed by atoms with E-state index in [1.54, 1.807) is 0 Å². The molecule has 0 aliphatic carbocycles. The summed E-state index contributed by atoms with van der Waals surface area (Å²) in [5, 5.41) is 16.1. The van der Waals surface area contributed by atoms with Gasteiger partial charge in [-0.05, 0) is 0 Å². The molecule has 0 saturated carbocycles. The lowest BCUT2D eigenvalue weighted by atomic mass is 10.8. The van der Waals surface area contributed by atoms with Gasteiger partial charge in [-0.1, -0.05) is 34.8 Å². The van der Waals surface area contributed by atoms with Crippen LogP contribution >= 0.6 is 34.8 Å². The molecule has 0 aromatic carbocycles. The van der Waals surface area contributed by atoms with E-state index in [0.717, 1.165) is 0 Å². The summed E-state index contributed by atoms with van der Waals surface area (Å²) in [5.74, 6) is 0. The van der Waals surface area contributed by atoms with Crippen LogP contribution in [0.15, 0.2) is 0 Å². The van der Waals surface area contributed by atoms with Gasteiger partial charge in [-0.3, -0.25) is 4.79 Å². The molecular formula is C3H6Cl3NO3. The summed E-state index contributed by atoms with van der Waals surface area (Å²) in [6.07, 6.45) is -1.66. The first-order valence-corrected chi connectivity index (χ1v) is 3.07. The van der Waals surface area contributed by atoms with Gasteiger partial charge in [0.25, 0.3) is 0 Å². The summed E-state index contributed by atoms with van der Waals surface area (Å²) in [6, 6.07) is 0. The summed E-state index contributed by atoms with van der Waals surface area (Å²) in [5.41, 5.74) is 4.17. The van der Waals surface area contributed by atoms with Crippen LogP contribution in [0, 0.1) is 0 Å². The SMILES string of the molecule is NC=O.OC(O)C(Cl)(Cl)Cl. The third kappa shape index (κ3) is 11.1. The molecule has 0 aromatic heterocycles. The van der Waals surface area contributed by atoms with Gasteiger partial charge in [0.05, 0.1) is 0 Å². The smallest absolute Gasteiger partial charge is 0.240 e. The minimum absolute atomic E-state index is 0.250. The second-order valence-electron chi connectivity index (χ2n) is 1.05. The summed E-state index contributed by atoms with van der Waals surface area (Å²) in [6.45, 7) is 0. The van der Waals surface area contributed by atoms with Crippen LogP contribution in [-0.2, 0) is 4.79 Å². The van der Waals surface area contributed by atoms with E-state index >= 15 is 0 Å². The first kappa shape index (κ1) is 12.9. The molecule has 10 heavy (non-hydrogen) atoms. The highest BCUT2D eigenvalue weighted by Crippen LogP contribution is 2.28. The Morgan fingerprint density at radius 2 is 1.50 bits per heavy atom. The number of primary amides is 1. The Hall–Kier alpha value is 0.260. The van der Waals surface area contributed by atoms with Crippen molar-refractivity contribution < 1.29 is 15.0 Å². The van der Waals surface area contributed by atoms with Gasteiger partial charge in [-0.25, -0.2) is 0 Å². The van der Waals surface area contributed by atoms with Crippen molar-refractivity contribution in [3.05, 3.63) is 0 Å². The number of aliphatic hydroxyl groups is 2. The van der Waals surface area contributed by atoms with Crippen molar-refractivity contribution >= 4 is 41.2 Å². The zero-order valence-corrected chi connectivity index (χ0v) is 6.94. The van der Waals surface area contributed by atoms with E-state index in [2.05, 4.69) is 5.73 Å². The van der Waals surface area contributed by atoms with Crippen LogP contribution in [0.4, 0.5) is 0 Å². The lowest BCUT2D eigenvalue weighted by Gasteiger charge is -2.10. The van der Waals surface area contributed by atoms with Crippen LogP contribution in [0.25, 0.3) is 0 Å². The van der Waals surface area contributed by atoms with Crippen molar-refractivity contribution in [2.75, 3.05) is 0 Å². The van der Waals surface area contributed by atoms with Crippen LogP contribution in [-0.4, -0.2) is 26.7 Å². The topological polar surface area (TPSA) is 83.6 Å². The van der Waals surface area contributed by atoms with E-state index < -0.39 is 10.1 Å². The first-order valence-electron chi connectivity index (χ1n) is 1.94. The van der Waals surface area contributed by atoms with Gasteiger partial charge in [-0.2, -0.15) is 0 Å². The highest BCUT2D eigenvalue weighted by molar-refractivity contribution is 6.67. The number of carbonyl (C=O) groups excluding carboxylic acids is 1. The number of carbonyl (C=O) groups is 1. The molecule has 0 fully saturated rings. The fourth-order valence-corrected chi connectivity index (χ4v) is 0. The molecule has 0 heterocycles. The first-order chi connectivity index (χ1) is 4.36. The monoisotopic (exact) mass is 209 g/mol. The van der Waals surface area contributed by atoms with Crippen LogP contribution in [0.5, 0.6) is 0 Å². The van der Waals surface area contributed by atoms with Gasteiger partial charge >= 0.3 is 0 Å². The second-order valence-corrected chi connectivity index (χ2v) is 3.42. The van der Waals surface area contributed by atoms with Crippen LogP contribution in [0.1, 0.15) is 0 Å². The maximum absolute atomic E-state index is 8.58. The van der Waals surface area contributed by atoms with Crippen molar-refractivity contribution in [1.82, 2.24) is 0 Å². The number of halogens is 3. The standard InChI is InChI=1S/C2H3Cl3O2.CH3NO/c3-2(4,5)1(6)7;2-1-3/h1,6-7H;1H,(H2,2,3). The molecule has 7 heteroatoms. The molecule has 0 aromatic rings. The molecular weight excluding hydrogens is 204 g/mol. The van der Waals surface area contributed by atoms with Crippen LogP contribution < -0.4 is 5.73 Å². The number of hydrogen-bond acceptors (Lipinski definition) is 3. The molecule has 0 aliphatic rings. The molecule has 0 atom stereocenters. The summed E-state index contributed by atoms with van der Waals surface area (Å²) in [4.78, 5) is 8.58. The average molecular weight is 210 g/mol. The van der Waals surface area contributed by atoms with Crippen molar-refractivity contribution in [2.24, 2.45) is 5.73 Å². The number of amides is 1. The normalized spacial score (nSPS) is 10.2. The Bertz CT molecular complexity index is 91.5. The molecule has 0 aliphatic heterocycles. The van der Waals surface area contributed by atoms with E-state index in [4.69, 9.17) is 49.8 Å². The predicted molar refractivity (Wildman–Crippen MR) is 38.8 cm³/mol. The fourth-order valence-electron chi connectivity index (χ4n) is 0. The molecule has 0 bridgehead atoms. The summed E-state index contributed by atoms with van der Waals surface area (Å²) in [7, 11) is 0. The van der Waals surface area contributed by atoms with E-state index in [1.165, 1.54) is 0 Å². The minimum Gasteiger partial charge on any atom is -0.372 e. The molecule has 0 saturated heterocycles. The molecule has 0 unspecified atom stereocenters. The van der Waals surface area contributed by atoms with Gasteiger partial charge < -0.3 is 15.9 Å².